The second-order valence-electron chi connectivity index (χ2n) is 9.63. The molecule has 0 saturated heterocycles. The zero-order valence-corrected chi connectivity index (χ0v) is 28.0. The van der Waals surface area contributed by atoms with E-state index in [1.807, 2.05) is 45.0 Å². The van der Waals surface area contributed by atoms with Gasteiger partial charge in [0, 0.05) is 22.3 Å². The maximum Gasteiger partial charge on any atom is 0.250 e. The molecule has 1 heterocycles. The summed E-state index contributed by atoms with van der Waals surface area (Å²) in [5, 5.41) is 8.16. The van der Waals surface area contributed by atoms with Crippen molar-refractivity contribution < 1.29 is 22.8 Å². The Hall–Kier alpha value is -1.39. The first-order valence-electron chi connectivity index (χ1n) is 12.9. The summed E-state index contributed by atoms with van der Waals surface area (Å²) in [5.41, 5.74) is 0.784. The highest BCUT2D eigenvalue weighted by Crippen LogP contribution is 2.26. The third-order valence-corrected chi connectivity index (χ3v) is 10.1. The zero-order valence-electron chi connectivity index (χ0n) is 22.6. The summed E-state index contributed by atoms with van der Waals surface area (Å²) in [7, 11) is -4.04. The number of rotatable bonds is 16. The van der Waals surface area contributed by atoms with Gasteiger partial charge in [0.1, 0.15) is 22.3 Å². The predicted octanol–water partition coefficient (Wildman–Crippen LogP) is 3.76. The molecule has 2 aromatic rings. The summed E-state index contributed by atoms with van der Waals surface area (Å²) >= 11 is 13.2. The van der Waals surface area contributed by atoms with Gasteiger partial charge in [0.2, 0.25) is 17.7 Å². The normalized spacial score (nSPS) is 13.9. The smallest absolute Gasteiger partial charge is 0.250 e. The third kappa shape index (κ3) is 11.5. The van der Waals surface area contributed by atoms with Gasteiger partial charge in [0.15, 0.2) is 0 Å². The average molecular weight is 743 g/mol. The second-order valence-corrected chi connectivity index (χ2v) is 14.9. The zero-order chi connectivity index (χ0) is 29.9. The molecule has 0 aliphatic carbocycles. The number of carbonyl (C=O) groups is 3. The molecular formula is C26H36ClIN4O5S3. The highest BCUT2D eigenvalue weighted by Gasteiger charge is 2.31. The highest BCUT2D eigenvalue weighted by atomic mass is 127. The monoisotopic (exact) mass is 742 g/mol. The number of thiophene rings is 1. The van der Waals surface area contributed by atoms with E-state index in [0.29, 0.717) is 17.3 Å². The first-order chi connectivity index (χ1) is 18.9. The van der Waals surface area contributed by atoms with Crippen LogP contribution in [0.2, 0.25) is 4.34 Å². The van der Waals surface area contributed by atoms with E-state index in [4.69, 9.17) is 11.6 Å². The first kappa shape index (κ1) is 34.8. The molecule has 0 unspecified atom stereocenters. The molecule has 0 aliphatic rings. The van der Waals surface area contributed by atoms with Gasteiger partial charge in [-0.25, -0.2) is 8.42 Å². The molecule has 0 saturated carbocycles. The lowest BCUT2D eigenvalue weighted by Gasteiger charge is -2.25. The molecule has 1 aromatic heterocycles. The van der Waals surface area contributed by atoms with E-state index in [0.717, 1.165) is 26.9 Å². The fourth-order valence-corrected chi connectivity index (χ4v) is 6.95. The van der Waals surface area contributed by atoms with Crippen molar-refractivity contribution in [3.8, 4) is 0 Å². The van der Waals surface area contributed by atoms with Crippen molar-refractivity contribution in [2.75, 3.05) is 12.3 Å². The van der Waals surface area contributed by atoms with Crippen LogP contribution in [-0.4, -0.2) is 56.6 Å². The van der Waals surface area contributed by atoms with Crippen molar-refractivity contribution in [2.45, 2.75) is 68.8 Å². The molecule has 3 amide bonds. The number of benzene rings is 1. The molecule has 222 valence electrons. The summed E-state index contributed by atoms with van der Waals surface area (Å²) in [6.45, 7) is 6.31. The van der Waals surface area contributed by atoms with Crippen molar-refractivity contribution in [3.63, 3.8) is 0 Å². The molecule has 0 bridgehead atoms. The molecule has 0 radical (unpaired) electrons. The molecule has 1 aromatic carbocycles. The quantitative estimate of drug-likeness (QED) is 0.132. The molecular weight excluding hydrogens is 707 g/mol. The topological polar surface area (TPSA) is 133 Å². The van der Waals surface area contributed by atoms with Crippen LogP contribution >= 0.6 is 58.2 Å². The second kappa shape index (κ2) is 16.9. The molecule has 9 nitrogen and oxygen atoms in total. The van der Waals surface area contributed by atoms with Crippen LogP contribution in [0.25, 0.3) is 0 Å². The van der Waals surface area contributed by atoms with Crippen LogP contribution in [0.5, 0.6) is 0 Å². The van der Waals surface area contributed by atoms with Gasteiger partial charge in [-0.05, 0) is 77.6 Å². The number of thiol groups is 1. The molecule has 14 heteroatoms. The van der Waals surface area contributed by atoms with Gasteiger partial charge < -0.3 is 16.0 Å². The molecule has 0 spiro atoms. The number of amides is 3. The highest BCUT2D eigenvalue weighted by molar-refractivity contribution is 14.1. The SMILES string of the molecule is CCCNC(=O)[C@H](CS)NC(=O)[C@H](Cc1ccc(I)cc1)NC(=O)[C@H](CCC(C)C)NS(=O)(=O)c1ccc(Cl)s1. The number of hydrogen-bond acceptors (Lipinski definition) is 7. The number of halogens is 2. The van der Waals surface area contributed by atoms with Crippen molar-refractivity contribution in [2.24, 2.45) is 5.92 Å². The lowest BCUT2D eigenvalue weighted by atomic mass is 10.0. The molecule has 4 N–H and O–H groups in total. The van der Waals surface area contributed by atoms with Crippen molar-refractivity contribution in [1.29, 1.82) is 0 Å². The van der Waals surface area contributed by atoms with E-state index in [2.05, 4.69) is 55.9 Å². The van der Waals surface area contributed by atoms with Gasteiger partial charge in [0.25, 0.3) is 10.0 Å². The van der Waals surface area contributed by atoms with E-state index in [1.54, 1.807) is 0 Å². The van der Waals surface area contributed by atoms with Crippen LogP contribution in [0.3, 0.4) is 0 Å². The summed E-state index contributed by atoms with van der Waals surface area (Å²) < 4.78 is 29.8. The van der Waals surface area contributed by atoms with Crippen molar-refractivity contribution in [1.82, 2.24) is 20.7 Å². The largest absolute Gasteiger partial charge is 0.354 e. The predicted molar refractivity (Wildman–Crippen MR) is 171 cm³/mol. The molecule has 0 fully saturated rings. The van der Waals surface area contributed by atoms with Crippen LogP contribution in [0.15, 0.2) is 40.6 Å². The Kier molecular flexibility index (Phi) is 14.7. The Morgan fingerprint density at radius 2 is 1.57 bits per heavy atom. The Balaban J connectivity index is 2.30. The van der Waals surface area contributed by atoms with Crippen molar-refractivity contribution >= 4 is 85.9 Å². The molecule has 40 heavy (non-hydrogen) atoms. The molecule has 3 atom stereocenters. The van der Waals surface area contributed by atoms with Gasteiger partial charge in [-0.1, -0.05) is 44.5 Å². The lowest BCUT2D eigenvalue weighted by molar-refractivity contribution is -0.132. The summed E-state index contributed by atoms with van der Waals surface area (Å²) in [5.74, 6) is -1.32. The molecule has 0 aliphatic heterocycles. The number of sulfonamides is 1. The number of carbonyl (C=O) groups excluding carboxylic acids is 3. The minimum absolute atomic E-state index is 0.0114. The third-order valence-electron chi connectivity index (χ3n) is 5.81. The first-order valence-corrected chi connectivity index (χ1v) is 17.3. The van der Waals surface area contributed by atoms with Gasteiger partial charge in [-0.15, -0.1) is 11.3 Å². The maximum atomic E-state index is 13.5. The van der Waals surface area contributed by atoms with Crippen LogP contribution in [0.4, 0.5) is 0 Å². The summed E-state index contributed by atoms with van der Waals surface area (Å²) in [6.07, 6.45) is 1.65. The van der Waals surface area contributed by atoms with E-state index < -0.39 is 40.0 Å². The van der Waals surface area contributed by atoms with Crippen LogP contribution in [-0.2, 0) is 30.8 Å². The Labute approximate surface area is 264 Å². The van der Waals surface area contributed by atoms with E-state index in [1.165, 1.54) is 12.1 Å². The van der Waals surface area contributed by atoms with E-state index in [9.17, 15) is 22.8 Å². The van der Waals surface area contributed by atoms with E-state index >= 15 is 0 Å². The minimum atomic E-state index is -4.04. The summed E-state index contributed by atoms with van der Waals surface area (Å²) in [4.78, 5) is 39.4. The van der Waals surface area contributed by atoms with Crippen LogP contribution < -0.4 is 20.7 Å². The molecule has 2 rings (SSSR count). The minimum Gasteiger partial charge on any atom is -0.354 e. The maximum absolute atomic E-state index is 13.5. The van der Waals surface area contributed by atoms with Gasteiger partial charge in [-0.2, -0.15) is 17.4 Å². The van der Waals surface area contributed by atoms with Gasteiger partial charge in [-0.3, -0.25) is 14.4 Å². The Bertz CT molecular complexity index is 1240. The van der Waals surface area contributed by atoms with Gasteiger partial charge in [0.05, 0.1) is 4.34 Å². The fourth-order valence-electron chi connectivity index (χ4n) is 3.61. The standard InChI is InChI=1S/C26H36ClIN4O5S3/c1-4-13-29-24(33)21(15-38)31-26(35)20(14-17-6-8-18(28)9-7-17)30-25(34)19(10-5-16(2)3)32-40(36,37)23-12-11-22(27)39-23/h6-9,11-12,16,19-21,32,38H,4-5,10,13-15H2,1-3H3,(H,29,33)(H,30,34)(H,31,35)/t19-,20-,21-/m0/s1. The number of nitrogens with one attached hydrogen (secondary N) is 4. The lowest BCUT2D eigenvalue weighted by Crippen LogP contribution is -2.57. The Morgan fingerprint density at radius 3 is 2.12 bits per heavy atom. The number of hydrogen-bond donors (Lipinski definition) is 5. The van der Waals surface area contributed by atoms with Crippen molar-refractivity contribution in [3.05, 3.63) is 49.9 Å². The fraction of sp³-hybridized carbons (Fsp3) is 0.500. The van der Waals surface area contributed by atoms with Gasteiger partial charge >= 0.3 is 0 Å². The van der Waals surface area contributed by atoms with Crippen LogP contribution in [0, 0.1) is 9.49 Å². The Morgan fingerprint density at radius 1 is 0.950 bits per heavy atom. The van der Waals surface area contributed by atoms with E-state index in [-0.39, 0.29) is 34.6 Å². The average Bonchev–Trinajstić information content (AvgIpc) is 3.36. The van der Waals surface area contributed by atoms with Crippen LogP contribution in [0.1, 0.15) is 45.6 Å². The summed E-state index contributed by atoms with van der Waals surface area (Å²) in [6, 6.07) is 7.19.